The van der Waals surface area contributed by atoms with E-state index in [9.17, 15) is 0 Å². The van der Waals surface area contributed by atoms with Gasteiger partial charge in [0.25, 0.3) is 5.66 Å². The van der Waals surface area contributed by atoms with Crippen LogP contribution in [0.4, 0.5) is 0 Å². The molecule has 2 heteroatoms. The zero-order chi connectivity index (χ0) is 6.20. The Morgan fingerprint density at radius 2 is 2.00 bits per heavy atom. The van der Waals surface area contributed by atoms with Crippen LogP contribution in [0.1, 0.15) is 12.8 Å². The molecule has 0 aliphatic heterocycles. The van der Waals surface area contributed by atoms with Gasteiger partial charge in [-0.25, -0.2) is 11.5 Å². The van der Waals surface area contributed by atoms with Gasteiger partial charge in [0, 0.05) is 0 Å². The molecule has 0 aromatic carbocycles. The van der Waals surface area contributed by atoms with Gasteiger partial charge < -0.3 is 0 Å². The van der Waals surface area contributed by atoms with E-state index in [1.807, 2.05) is 19.0 Å². The lowest BCUT2D eigenvalue weighted by molar-refractivity contribution is 0.322. The molecule has 2 nitrogen and oxygen atoms in total. The first kappa shape index (κ1) is 5.58. The lowest BCUT2D eigenvalue weighted by atomic mass is 10.5. The normalized spacial score (nSPS) is 22.8. The van der Waals surface area contributed by atoms with Crippen molar-refractivity contribution >= 4 is 0 Å². The van der Waals surface area contributed by atoms with E-state index in [4.69, 9.17) is 6.57 Å². The van der Waals surface area contributed by atoms with Crippen molar-refractivity contribution in [1.82, 2.24) is 4.90 Å². The summed E-state index contributed by atoms with van der Waals surface area (Å²) in [5, 5.41) is 0. The molecule has 1 saturated carbocycles. The van der Waals surface area contributed by atoms with E-state index in [0.717, 1.165) is 12.8 Å². The van der Waals surface area contributed by atoms with E-state index in [1.54, 1.807) is 0 Å². The Hall–Kier alpha value is -0.550. The van der Waals surface area contributed by atoms with Gasteiger partial charge in [-0.15, -0.1) is 0 Å². The maximum atomic E-state index is 6.78. The van der Waals surface area contributed by atoms with E-state index in [0.29, 0.717) is 0 Å². The van der Waals surface area contributed by atoms with Crippen LogP contribution in [0.5, 0.6) is 0 Å². The molecule has 0 N–H and O–H groups in total. The second-order valence-electron chi connectivity index (χ2n) is 2.49. The number of hydrogen-bond acceptors (Lipinski definition) is 1. The first-order valence-corrected chi connectivity index (χ1v) is 2.77. The Balaban J connectivity index is 2.57. The third-order valence-electron chi connectivity index (χ3n) is 1.74. The fourth-order valence-electron chi connectivity index (χ4n) is 0.771. The third-order valence-corrected chi connectivity index (χ3v) is 1.74. The van der Waals surface area contributed by atoms with Crippen LogP contribution in [-0.4, -0.2) is 24.7 Å². The Bertz CT molecular complexity index is 128. The summed E-state index contributed by atoms with van der Waals surface area (Å²) < 4.78 is 0. The van der Waals surface area contributed by atoms with Crippen molar-refractivity contribution in [2.24, 2.45) is 0 Å². The maximum Gasteiger partial charge on any atom is 0.288 e. The Morgan fingerprint density at radius 3 is 2.00 bits per heavy atom. The molecule has 0 bridgehead atoms. The minimum atomic E-state index is -0.0833. The quantitative estimate of drug-likeness (QED) is 0.456. The van der Waals surface area contributed by atoms with E-state index in [-0.39, 0.29) is 5.66 Å². The van der Waals surface area contributed by atoms with E-state index in [1.165, 1.54) is 0 Å². The largest absolute Gasteiger partial charge is 0.293 e. The molecule has 0 spiro atoms. The predicted octanol–water partition coefficient (Wildman–Crippen LogP) is 0.957. The second-order valence-corrected chi connectivity index (χ2v) is 2.49. The zero-order valence-electron chi connectivity index (χ0n) is 5.31. The molecule has 44 valence electrons. The SMILES string of the molecule is [C-]#[N+]C1(N(C)C)CC1. The van der Waals surface area contributed by atoms with Gasteiger partial charge in [0.1, 0.15) is 0 Å². The molecule has 1 aliphatic rings. The van der Waals surface area contributed by atoms with Gasteiger partial charge in [-0.2, -0.15) is 0 Å². The van der Waals surface area contributed by atoms with Crippen molar-refractivity contribution in [3.63, 3.8) is 0 Å². The molecule has 1 fully saturated rings. The molecule has 0 aromatic rings. The van der Waals surface area contributed by atoms with Crippen LogP contribution in [0.3, 0.4) is 0 Å². The monoisotopic (exact) mass is 110 g/mol. The molecule has 0 amide bonds. The highest BCUT2D eigenvalue weighted by Gasteiger charge is 2.53. The third kappa shape index (κ3) is 0.597. The number of rotatable bonds is 1. The van der Waals surface area contributed by atoms with Crippen molar-refractivity contribution in [1.29, 1.82) is 0 Å². The molecule has 0 unspecified atom stereocenters. The zero-order valence-corrected chi connectivity index (χ0v) is 5.31. The predicted molar refractivity (Wildman–Crippen MR) is 32.3 cm³/mol. The van der Waals surface area contributed by atoms with Crippen LogP contribution in [0.2, 0.25) is 0 Å². The highest BCUT2D eigenvalue weighted by atomic mass is 15.3. The molecule has 1 aliphatic carbocycles. The lowest BCUT2D eigenvalue weighted by Crippen LogP contribution is -2.25. The highest BCUT2D eigenvalue weighted by Crippen LogP contribution is 2.41. The van der Waals surface area contributed by atoms with Crippen LogP contribution < -0.4 is 0 Å². The summed E-state index contributed by atoms with van der Waals surface area (Å²) in [6.45, 7) is 6.78. The molecule has 0 aromatic heterocycles. The second kappa shape index (κ2) is 1.46. The summed E-state index contributed by atoms with van der Waals surface area (Å²) in [6.07, 6.45) is 2.12. The Morgan fingerprint density at radius 1 is 1.50 bits per heavy atom. The standard InChI is InChI=1S/C6H10N2/c1-7-6(4-5-6)8(2)3/h4-5H2,2-3H3. The van der Waals surface area contributed by atoms with Crippen LogP contribution in [0, 0.1) is 6.57 Å². The fraction of sp³-hybridized carbons (Fsp3) is 0.833. The van der Waals surface area contributed by atoms with Gasteiger partial charge >= 0.3 is 0 Å². The van der Waals surface area contributed by atoms with Gasteiger partial charge in [-0.05, 0) is 14.1 Å². The maximum absolute atomic E-state index is 6.78. The topological polar surface area (TPSA) is 7.60 Å². The lowest BCUT2D eigenvalue weighted by Gasteiger charge is -2.09. The minimum Gasteiger partial charge on any atom is -0.293 e. The summed E-state index contributed by atoms with van der Waals surface area (Å²) in [6, 6.07) is 0. The summed E-state index contributed by atoms with van der Waals surface area (Å²) in [5.41, 5.74) is -0.0833. The fourth-order valence-corrected chi connectivity index (χ4v) is 0.771. The molecular formula is C6H10N2. The summed E-state index contributed by atoms with van der Waals surface area (Å²) in [7, 11) is 3.93. The van der Waals surface area contributed by atoms with Crippen LogP contribution in [-0.2, 0) is 0 Å². The Kier molecular flexibility index (Phi) is 1.02. The van der Waals surface area contributed by atoms with Gasteiger partial charge in [-0.1, -0.05) is 0 Å². The molecule has 0 heterocycles. The van der Waals surface area contributed by atoms with Gasteiger partial charge in [0.15, 0.2) is 0 Å². The van der Waals surface area contributed by atoms with Crippen molar-refractivity contribution in [3.05, 3.63) is 11.4 Å². The Labute approximate surface area is 49.9 Å². The molecule has 0 radical (unpaired) electrons. The van der Waals surface area contributed by atoms with E-state index < -0.39 is 0 Å². The van der Waals surface area contributed by atoms with Gasteiger partial charge in [-0.3, -0.25) is 4.85 Å². The smallest absolute Gasteiger partial charge is 0.288 e. The molecule has 1 rings (SSSR count). The average Bonchev–Trinajstić information content (AvgIpc) is 2.44. The number of hydrogen-bond donors (Lipinski definition) is 0. The van der Waals surface area contributed by atoms with Crippen molar-refractivity contribution in [2.45, 2.75) is 18.5 Å². The first-order chi connectivity index (χ1) is 3.71. The van der Waals surface area contributed by atoms with Crippen molar-refractivity contribution < 1.29 is 0 Å². The van der Waals surface area contributed by atoms with E-state index >= 15 is 0 Å². The summed E-state index contributed by atoms with van der Waals surface area (Å²) in [4.78, 5) is 5.51. The highest BCUT2D eigenvalue weighted by molar-refractivity contribution is 5.08. The van der Waals surface area contributed by atoms with E-state index in [2.05, 4.69) is 4.85 Å². The number of nitrogens with zero attached hydrogens (tertiary/aromatic N) is 2. The minimum absolute atomic E-state index is 0.0833. The van der Waals surface area contributed by atoms with Crippen LogP contribution in [0.15, 0.2) is 0 Å². The first-order valence-electron chi connectivity index (χ1n) is 2.77. The molecule has 0 atom stereocenters. The molecular weight excluding hydrogens is 100 g/mol. The molecule has 8 heavy (non-hydrogen) atoms. The van der Waals surface area contributed by atoms with Crippen LogP contribution in [0.25, 0.3) is 4.85 Å². The van der Waals surface area contributed by atoms with Gasteiger partial charge in [0.05, 0.1) is 12.8 Å². The van der Waals surface area contributed by atoms with Crippen molar-refractivity contribution in [3.8, 4) is 0 Å². The summed E-state index contributed by atoms with van der Waals surface area (Å²) in [5.74, 6) is 0. The van der Waals surface area contributed by atoms with Gasteiger partial charge in [0.2, 0.25) is 0 Å². The molecule has 0 saturated heterocycles. The van der Waals surface area contributed by atoms with Crippen LogP contribution >= 0.6 is 0 Å². The average molecular weight is 110 g/mol. The summed E-state index contributed by atoms with van der Waals surface area (Å²) >= 11 is 0. The van der Waals surface area contributed by atoms with Crippen molar-refractivity contribution in [2.75, 3.05) is 14.1 Å².